The lowest BCUT2D eigenvalue weighted by Gasteiger charge is -2.07. The van der Waals surface area contributed by atoms with Gasteiger partial charge in [-0.2, -0.15) is 0 Å². The lowest BCUT2D eigenvalue weighted by atomic mass is 10.2. The molecule has 94 valence electrons. The molecule has 0 aliphatic carbocycles. The number of benzene rings is 1. The van der Waals surface area contributed by atoms with Gasteiger partial charge in [0, 0.05) is 10.1 Å². The van der Waals surface area contributed by atoms with Gasteiger partial charge >= 0.3 is 0 Å². The summed E-state index contributed by atoms with van der Waals surface area (Å²) in [6, 6.07) is 2.41. The Bertz CT molecular complexity index is 410. The summed E-state index contributed by atoms with van der Waals surface area (Å²) in [6.45, 7) is 2.48. The Labute approximate surface area is 113 Å². The topological polar surface area (TPSA) is 29.1 Å². The molecule has 0 atom stereocenters. The highest BCUT2D eigenvalue weighted by molar-refractivity contribution is 14.1. The van der Waals surface area contributed by atoms with E-state index in [0.29, 0.717) is 6.54 Å². The van der Waals surface area contributed by atoms with E-state index in [0.717, 1.165) is 25.3 Å². The van der Waals surface area contributed by atoms with Crippen LogP contribution in [0.3, 0.4) is 0 Å². The van der Waals surface area contributed by atoms with Crippen molar-refractivity contribution in [2.24, 2.45) is 0 Å². The maximum atomic E-state index is 13.6. The van der Waals surface area contributed by atoms with E-state index in [2.05, 4.69) is 5.32 Å². The Balaban J connectivity index is 2.72. The predicted molar refractivity (Wildman–Crippen MR) is 70.9 cm³/mol. The Morgan fingerprint density at radius 1 is 1.35 bits per heavy atom. The minimum atomic E-state index is -0.823. The monoisotopic (exact) mass is 353 g/mol. The van der Waals surface area contributed by atoms with Crippen LogP contribution in [0.15, 0.2) is 12.1 Å². The highest BCUT2D eigenvalue weighted by Crippen LogP contribution is 2.18. The van der Waals surface area contributed by atoms with Gasteiger partial charge in [-0.05, 0) is 41.1 Å². The highest BCUT2D eigenvalue weighted by Gasteiger charge is 2.18. The standard InChI is InChI=1S/C12H14F2INO/c1-2-3-4-7-16-12(17)10-8(13)5-6-9(15)11(10)14/h5-6H,2-4,7H2,1H3,(H,16,17). The van der Waals surface area contributed by atoms with Gasteiger partial charge in [-0.25, -0.2) is 8.78 Å². The van der Waals surface area contributed by atoms with Gasteiger partial charge in [-0.1, -0.05) is 19.8 Å². The van der Waals surface area contributed by atoms with Crippen LogP contribution in [0.4, 0.5) is 8.78 Å². The van der Waals surface area contributed by atoms with Gasteiger partial charge in [0.15, 0.2) is 5.82 Å². The lowest BCUT2D eigenvalue weighted by Crippen LogP contribution is -2.26. The summed E-state index contributed by atoms with van der Waals surface area (Å²) in [5, 5.41) is 2.52. The number of carbonyl (C=O) groups is 1. The molecular formula is C12H14F2INO. The van der Waals surface area contributed by atoms with E-state index in [1.807, 2.05) is 6.92 Å². The molecule has 0 aromatic heterocycles. The maximum Gasteiger partial charge on any atom is 0.257 e. The second kappa shape index (κ2) is 6.88. The summed E-state index contributed by atoms with van der Waals surface area (Å²) in [6.07, 6.45) is 2.83. The number of unbranched alkanes of at least 4 members (excludes halogenated alkanes) is 2. The first-order valence-electron chi connectivity index (χ1n) is 5.49. The van der Waals surface area contributed by atoms with Gasteiger partial charge in [0.2, 0.25) is 0 Å². The van der Waals surface area contributed by atoms with Gasteiger partial charge in [-0.15, -0.1) is 0 Å². The molecule has 1 amide bonds. The summed E-state index contributed by atoms with van der Waals surface area (Å²) in [7, 11) is 0. The van der Waals surface area contributed by atoms with Gasteiger partial charge in [-0.3, -0.25) is 4.79 Å². The Morgan fingerprint density at radius 2 is 2.06 bits per heavy atom. The van der Waals surface area contributed by atoms with Gasteiger partial charge in [0.05, 0.1) is 0 Å². The van der Waals surface area contributed by atoms with E-state index < -0.39 is 23.1 Å². The summed E-state index contributed by atoms with van der Waals surface area (Å²) >= 11 is 1.73. The smallest absolute Gasteiger partial charge is 0.257 e. The fourth-order valence-corrected chi connectivity index (χ4v) is 1.85. The van der Waals surface area contributed by atoms with Crippen LogP contribution >= 0.6 is 22.6 Å². The molecule has 17 heavy (non-hydrogen) atoms. The quantitative estimate of drug-likeness (QED) is 0.490. The third kappa shape index (κ3) is 3.90. The molecule has 1 N–H and O–H groups in total. The third-order valence-corrected chi connectivity index (χ3v) is 3.17. The van der Waals surface area contributed by atoms with Crippen LogP contribution in [-0.2, 0) is 0 Å². The lowest BCUT2D eigenvalue weighted by molar-refractivity contribution is 0.0944. The summed E-state index contributed by atoms with van der Waals surface area (Å²) in [5.74, 6) is -2.30. The number of amides is 1. The molecular weight excluding hydrogens is 339 g/mol. The van der Waals surface area contributed by atoms with Crippen LogP contribution in [0.2, 0.25) is 0 Å². The second-order valence-electron chi connectivity index (χ2n) is 3.68. The van der Waals surface area contributed by atoms with Crippen molar-refractivity contribution in [1.29, 1.82) is 0 Å². The molecule has 0 heterocycles. The van der Waals surface area contributed by atoms with Crippen LogP contribution < -0.4 is 5.32 Å². The van der Waals surface area contributed by atoms with E-state index in [1.54, 1.807) is 22.6 Å². The first-order chi connectivity index (χ1) is 8.07. The zero-order valence-corrected chi connectivity index (χ0v) is 11.7. The van der Waals surface area contributed by atoms with Gasteiger partial charge < -0.3 is 5.32 Å². The molecule has 0 bridgehead atoms. The van der Waals surface area contributed by atoms with Crippen molar-refractivity contribution in [2.45, 2.75) is 26.2 Å². The molecule has 0 radical (unpaired) electrons. The number of hydrogen-bond donors (Lipinski definition) is 1. The largest absolute Gasteiger partial charge is 0.352 e. The minimum absolute atomic E-state index is 0.239. The Hall–Kier alpha value is -0.720. The van der Waals surface area contributed by atoms with Crippen molar-refractivity contribution in [1.82, 2.24) is 5.32 Å². The summed E-state index contributed by atoms with van der Waals surface area (Å²) in [5.41, 5.74) is -0.492. The predicted octanol–water partition coefficient (Wildman–Crippen LogP) is 3.49. The van der Waals surface area contributed by atoms with Crippen LogP contribution in [0.25, 0.3) is 0 Å². The molecule has 1 aromatic rings. The molecule has 0 aliphatic rings. The van der Waals surface area contributed by atoms with Crippen molar-refractivity contribution in [3.05, 3.63) is 32.9 Å². The Kier molecular flexibility index (Phi) is 5.80. The number of nitrogens with one attached hydrogen (secondary N) is 1. The number of rotatable bonds is 5. The highest BCUT2D eigenvalue weighted by atomic mass is 127. The van der Waals surface area contributed by atoms with Crippen LogP contribution in [0.5, 0.6) is 0 Å². The summed E-state index contributed by atoms with van der Waals surface area (Å²) < 4.78 is 27.2. The third-order valence-electron chi connectivity index (χ3n) is 2.34. The molecule has 0 aliphatic heterocycles. The van der Waals surface area contributed by atoms with Gasteiger partial charge in [0.1, 0.15) is 11.4 Å². The van der Waals surface area contributed by atoms with Crippen LogP contribution in [0.1, 0.15) is 36.5 Å². The Morgan fingerprint density at radius 3 is 2.71 bits per heavy atom. The molecule has 1 rings (SSSR count). The molecule has 0 saturated heterocycles. The SMILES string of the molecule is CCCCCNC(=O)c1c(F)ccc(I)c1F. The fourth-order valence-electron chi connectivity index (χ4n) is 1.40. The molecule has 1 aromatic carbocycles. The van der Waals surface area contributed by atoms with Crippen molar-refractivity contribution in [3.8, 4) is 0 Å². The van der Waals surface area contributed by atoms with Crippen molar-refractivity contribution in [3.63, 3.8) is 0 Å². The van der Waals surface area contributed by atoms with Gasteiger partial charge in [0.25, 0.3) is 5.91 Å². The zero-order chi connectivity index (χ0) is 12.8. The zero-order valence-electron chi connectivity index (χ0n) is 9.53. The van der Waals surface area contributed by atoms with Crippen LogP contribution in [0, 0.1) is 15.2 Å². The second-order valence-corrected chi connectivity index (χ2v) is 4.84. The first kappa shape index (κ1) is 14.3. The van der Waals surface area contributed by atoms with Crippen molar-refractivity contribution in [2.75, 3.05) is 6.54 Å². The normalized spacial score (nSPS) is 10.4. The number of hydrogen-bond acceptors (Lipinski definition) is 1. The van der Waals surface area contributed by atoms with E-state index >= 15 is 0 Å². The number of carbonyl (C=O) groups excluding carboxylic acids is 1. The average molecular weight is 353 g/mol. The minimum Gasteiger partial charge on any atom is -0.352 e. The van der Waals surface area contributed by atoms with Crippen LogP contribution in [-0.4, -0.2) is 12.5 Å². The molecule has 0 spiro atoms. The number of halogens is 3. The van der Waals surface area contributed by atoms with Crippen molar-refractivity contribution >= 4 is 28.5 Å². The van der Waals surface area contributed by atoms with E-state index in [1.165, 1.54) is 6.07 Å². The molecule has 2 nitrogen and oxygen atoms in total. The van der Waals surface area contributed by atoms with E-state index in [-0.39, 0.29) is 3.57 Å². The van der Waals surface area contributed by atoms with E-state index in [9.17, 15) is 13.6 Å². The molecule has 0 saturated carbocycles. The first-order valence-corrected chi connectivity index (χ1v) is 6.57. The fraction of sp³-hybridized carbons (Fsp3) is 0.417. The summed E-state index contributed by atoms with van der Waals surface area (Å²) in [4.78, 5) is 11.6. The molecule has 0 fully saturated rings. The van der Waals surface area contributed by atoms with Crippen molar-refractivity contribution < 1.29 is 13.6 Å². The maximum absolute atomic E-state index is 13.6. The molecule has 5 heteroatoms. The van der Waals surface area contributed by atoms with E-state index in [4.69, 9.17) is 0 Å². The average Bonchev–Trinajstić information content (AvgIpc) is 2.30. The molecule has 0 unspecified atom stereocenters.